The van der Waals surface area contributed by atoms with Gasteiger partial charge in [0.25, 0.3) is 5.91 Å². The van der Waals surface area contributed by atoms with Gasteiger partial charge < -0.3 is 10.6 Å². The molecule has 2 N–H and O–H groups in total. The number of benzene rings is 2. The average molecular weight is 451 g/mol. The summed E-state index contributed by atoms with van der Waals surface area (Å²) in [5.41, 5.74) is 1.89. The maximum absolute atomic E-state index is 13.1. The van der Waals surface area contributed by atoms with Gasteiger partial charge in [-0.2, -0.15) is 18.2 Å². The van der Waals surface area contributed by atoms with Gasteiger partial charge in [-0.1, -0.05) is 18.2 Å². The Balaban J connectivity index is 1.37. The second-order valence-electron chi connectivity index (χ2n) is 8.05. The summed E-state index contributed by atoms with van der Waals surface area (Å²) in [6, 6.07) is 17.2. The summed E-state index contributed by atoms with van der Waals surface area (Å²) in [6.07, 6.45) is -2.09. The number of aromatic nitrogens is 3. The van der Waals surface area contributed by atoms with Crippen LogP contribution in [0.15, 0.2) is 66.7 Å². The Kier molecular flexibility index (Phi) is 5.24. The molecule has 2 heterocycles. The Labute approximate surface area is 187 Å². The third-order valence-electron chi connectivity index (χ3n) is 5.50. The van der Waals surface area contributed by atoms with Crippen molar-refractivity contribution < 1.29 is 18.0 Å². The molecular formula is C24H20F3N5O. The quantitative estimate of drug-likeness (QED) is 0.417. The number of halogens is 3. The fourth-order valence-corrected chi connectivity index (χ4v) is 3.53. The highest BCUT2D eigenvalue weighted by atomic mass is 19.4. The highest BCUT2D eigenvalue weighted by molar-refractivity contribution is 5.94. The first-order chi connectivity index (χ1) is 15.9. The number of carbonyl (C=O) groups excluding carboxylic acids is 1. The zero-order chi connectivity index (χ0) is 23.0. The highest BCUT2D eigenvalue weighted by Crippen LogP contribution is 2.32. The molecule has 0 saturated heterocycles. The van der Waals surface area contributed by atoms with E-state index in [1.165, 1.54) is 23.4 Å². The van der Waals surface area contributed by atoms with E-state index in [1.54, 1.807) is 48.5 Å². The molecule has 0 spiro atoms. The molecular weight excluding hydrogens is 431 g/mol. The van der Waals surface area contributed by atoms with Crippen LogP contribution in [0.3, 0.4) is 0 Å². The smallest absolute Gasteiger partial charge is 0.352 e. The number of hydrogen-bond acceptors (Lipinski definition) is 4. The summed E-state index contributed by atoms with van der Waals surface area (Å²) in [5, 5.41) is 10.4. The van der Waals surface area contributed by atoms with Gasteiger partial charge in [-0.15, -0.1) is 5.10 Å². The van der Waals surface area contributed by atoms with E-state index >= 15 is 0 Å². The van der Waals surface area contributed by atoms with Crippen molar-refractivity contribution in [3.8, 4) is 11.3 Å². The van der Waals surface area contributed by atoms with E-state index in [0.29, 0.717) is 46.6 Å². The van der Waals surface area contributed by atoms with Crippen molar-refractivity contribution >= 4 is 23.2 Å². The van der Waals surface area contributed by atoms with E-state index in [9.17, 15) is 18.0 Å². The second-order valence-corrected chi connectivity index (χ2v) is 8.05. The molecule has 1 aliphatic carbocycles. The Bertz CT molecular complexity index is 1310. The van der Waals surface area contributed by atoms with Crippen molar-refractivity contribution in [3.63, 3.8) is 0 Å². The predicted octanol–water partition coefficient (Wildman–Crippen LogP) is 5.30. The summed E-state index contributed by atoms with van der Waals surface area (Å²) in [4.78, 5) is 16.6. The number of pyridine rings is 1. The fraction of sp³-hybridized carbons (Fsp3) is 0.208. The molecule has 1 fully saturated rings. The minimum Gasteiger partial charge on any atom is -0.352 e. The lowest BCUT2D eigenvalue weighted by Gasteiger charge is -2.09. The van der Waals surface area contributed by atoms with Crippen LogP contribution in [0.25, 0.3) is 16.9 Å². The molecule has 4 aromatic rings. The van der Waals surface area contributed by atoms with Gasteiger partial charge in [-0.25, -0.2) is 4.52 Å². The molecule has 9 heteroatoms. The van der Waals surface area contributed by atoms with Crippen molar-refractivity contribution in [2.24, 2.45) is 5.92 Å². The zero-order valence-electron chi connectivity index (χ0n) is 17.4. The van der Waals surface area contributed by atoms with Gasteiger partial charge in [0.05, 0.1) is 11.3 Å². The largest absolute Gasteiger partial charge is 0.416 e. The topological polar surface area (TPSA) is 71.3 Å². The van der Waals surface area contributed by atoms with Crippen molar-refractivity contribution in [2.45, 2.75) is 19.0 Å². The normalized spacial score (nSPS) is 13.8. The molecule has 0 atom stereocenters. The molecule has 168 valence electrons. The van der Waals surface area contributed by atoms with Crippen LogP contribution in [0.4, 0.5) is 24.8 Å². The van der Waals surface area contributed by atoms with Gasteiger partial charge in [0.2, 0.25) is 5.95 Å². The van der Waals surface area contributed by atoms with E-state index in [2.05, 4.69) is 20.7 Å². The predicted molar refractivity (Wildman–Crippen MR) is 118 cm³/mol. The molecule has 0 radical (unpaired) electrons. The summed E-state index contributed by atoms with van der Waals surface area (Å²) < 4.78 is 40.9. The lowest BCUT2D eigenvalue weighted by Crippen LogP contribution is -2.25. The number of carbonyl (C=O) groups is 1. The number of rotatable bonds is 6. The first kappa shape index (κ1) is 21.0. The van der Waals surface area contributed by atoms with Gasteiger partial charge in [-0.05, 0) is 67.3 Å². The summed E-state index contributed by atoms with van der Waals surface area (Å²) >= 11 is 0. The van der Waals surface area contributed by atoms with Gasteiger partial charge in [-0.3, -0.25) is 4.79 Å². The number of alkyl halides is 3. The van der Waals surface area contributed by atoms with Gasteiger partial charge in [0, 0.05) is 23.4 Å². The minimum atomic E-state index is -4.43. The third-order valence-corrected chi connectivity index (χ3v) is 5.50. The average Bonchev–Trinajstić information content (AvgIpc) is 3.54. The first-order valence-corrected chi connectivity index (χ1v) is 10.6. The van der Waals surface area contributed by atoms with E-state index in [0.717, 1.165) is 12.1 Å². The Morgan fingerprint density at radius 2 is 1.79 bits per heavy atom. The number of hydrogen-bond donors (Lipinski definition) is 2. The van der Waals surface area contributed by atoms with Crippen LogP contribution >= 0.6 is 0 Å². The molecule has 2 aromatic heterocycles. The van der Waals surface area contributed by atoms with E-state index in [1.807, 2.05) is 0 Å². The molecule has 0 aliphatic heterocycles. The van der Waals surface area contributed by atoms with Gasteiger partial charge in [0.1, 0.15) is 0 Å². The van der Waals surface area contributed by atoms with Crippen molar-refractivity contribution in [3.05, 3.63) is 77.9 Å². The summed E-state index contributed by atoms with van der Waals surface area (Å²) in [6.45, 7) is 0.707. The fourth-order valence-electron chi connectivity index (χ4n) is 3.53. The zero-order valence-corrected chi connectivity index (χ0v) is 17.4. The first-order valence-electron chi connectivity index (χ1n) is 10.6. The van der Waals surface area contributed by atoms with Crippen LogP contribution in [-0.2, 0) is 6.18 Å². The van der Waals surface area contributed by atoms with E-state index in [4.69, 9.17) is 0 Å². The number of fused-ring (bicyclic) bond motifs is 1. The van der Waals surface area contributed by atoms with Gasteiger partial charge >= 0.3 is 6.18 Å². The monoisotopic (exact) mass is 451 g/mol. The van der Waals surface area contributed by atoms with Crippen LogP contribution in [-0.4, -0.2) is 27.0 Å². The van der Waals surface area contributed by atoms with Crippen molar-refractivity contribution in [1.29, 1.82) is 0 Å². The lowest BCUT2D eigenvalue weighted by atomic mass is 10.1. The Morgan fingerprint density at radius 3 is 2.52 bits per heavy atom. The molecule has 1 amide bonds. The molecule has 1 aliphatic rings. The molecule has 2 aromatic carbocycles. The van der Waals surface area contributed by atoms with Crippen LogP contribution in [0, 0.1) is 5.92 Å². The number of anilines is 2. The Morgan fingerprint density at radius 1 is 1.03 bits per heavy atom. The molecule has 0 unspecified atom stereocenters. The summed E-state index contributed by atoms with van der Waals surface area (Å²) in [5.74, 6) is 0.794. The molecule has 6 nitrogen and oxygen atoms in total. The molecule has 1 saturated carbocycles. The van der Waals surface area contributed by atoms with E-state index < -0.39 is 11.7 Å². The number of nitrogens with one attached hydrogen (secondary N) is 2. The highest BCUT2D eigenvalue weighted by Gasteiger charge is 2.30. The van der Waals surface area contributed by atoms with Gasteiger partial charge in [0.15, 0.2) is 5.65 Å². The maximum Gasteiger partial charge on any atom is 0.416 e. The maximum atomic E-state index is 13.1. The standard InChI is InChI=1S/C24H20F3N5O/c25-24(26,27)18-4-1-3-17(13-18)20-5-2-6-21-30-23(31-32(20)21)29-19-11-9-16(10-12-19)22(33)28-14-15-7-8-15/h1-6,9-13,15H,7-8,14H2,(H,28,33)(H,29,31). The van der Waals surface area contributed by atoms with Crippen LogP contribution < -0.4 is 10.6 Å². The molecule has 33 heavy (non-hydrogen) atoms. The van der Waals surface area contributed by atoms with Crippen LogP contribution in [0.2, 0.25) is 0 Å². The third kappa shape index (κ3) is 4.67. The molecule has 0 bridgehead atoms. The number of nitrogens with zero attached hydrogens (tertiary/aromatic N) is 3. The van der Waals surface area contributed by atoms with Crippen LogP contribution in [0.1, 0.15) is 28.8 Å². The second kappa shape index (κ2) is 8.23. The summed E-state index contributed by atoms with van der Waals surface area (Å²) in [7, 11) is 0. The number of amides is 1. The van der Waals surface area contributed by atoms with E-state index in [-0.39, 0.29) is 5.91 Å². The SMILES string of the molecule is O=C(NCC1CC1)c1ccc(Nc2nc3cccc(-c4cccc(C(F)(F)F)c4)n3n2)cc1. The minimum absolute atomic E-state index is 0.106. The van der Waals surface area contributed by atoms with Crippen molar-refractivity contribution in [1.82, 2.24) is 19.9 Å². The Hall–Kier alpha value is -3.88. The molecule has 5 rings (SSSR count). The van der Waals surface area contributed by atoms with Crippen molar-refractivity contribution in [2.75, 3.05) is 11.9 Å². The lowest BCUT2D eigenvalue weighted by molar-refractivity contribution is -0.137. The van der Waals surface area contributed by atoms with Crippen LogP contribution in [0.5, 0.6) is 0 Å².